The van der Waals surface area contributed by atoms with Gasteiger partial charge in [-0.3, -0.25) is 0 Å². The number of carboxylic acid groups (broad SMARTS) is 1. The molecule has 3 rings (SSSR count). The number of phenols is 1. The van der Waals surface area contributed by atoms with E-state index in [1.54, 1.807) is 0 Å². The Morgan fingerprint density at radius 2 is 2.24 bits per heavy atom. The summed E-state index contributed by atoms with van der Waals surface area (Å²) in [5, 5.41) is 20.3. The summed E-state index contributed by atoms with van der Waals surface area (Å²) < 4.78 is 76.5. The molecule has 0 amide bonds. The largest absolute Gasteiger partial charge is 0.507 e. The summed E-state index contributed by atoms with van der Waals surface area (Å²) in [4.78, 5) is 11.6. The molecule has 0 spiro atoms. The van der Waals surface area contributed by atoms with E-state index in [-0.39, 0.29) is 41.9 Å². The van der Waals surface area contributed by atoms with Crippen molar-refractivity contribution in [3.63, 3.8) is 0 Å². The van der Waals surface area contributed by atoms with Crippen molar-refractivity contribution in [3.05, 3.63) is 34.9 Å². The molecule has 1 aromatic carbocycles. The number of allylic oxidation sites excluding steroid dienone is 1. The van der Waals surface area contributed by atoms with Crippen molar-refractivity contribution in [1.29, 1.82) is 0 Å². The third-order valence-electron chi connectivity index (χ3n) is 5.01. The molecule has 1 aromatic rings. The zero-order chi connectivity index (χ0) is 25.7. The average molecular weight is 354 g/mol. The molecule has 0 bridgehead atoms. The van der Waals surface area contributed by atoms with Crippen LogP contribution in [0.1, 0.15) is 82.0 Å². The lowest BCUT2D eigenvalue weighted by atomic mass is 9.67. The van der Waals surface area contributed by atoms with Crippen LogP contribution in [0.2, 0.25) is 0 Å². The van der Waals surface area contributed by atoms with E-state index in [0.29, 0.717) is 24.8 Å². The van der Waals surface area contributed by atoms with Gasteiger partial charge in [0.2, 0.25) is 0 Å². The number of rotatable bonds is 5. The lowest BCUT2D eigenvalue weighted by Gasteiger charge is -2.46. The fraction of sp³-hybridized carbons (Fsp3) is 0.571. The van der Waals surface area contributed by atoms with Crippen molar-refractivity contribution in [2.45, 2.75) is 70.6 Å². The van der Waals surface area contributed by atoms with Crippen LogP contribution < -0.4 is 4.74 Å². The second-order valence-corrected chi connectivity index (χ2v) is 6.74. The maximum atomic E-state index is 11.6. The molecule has 0 fully saturated rings. The van der Waals surface area contributed by atoms with E-state index < -0.39 is 44.0 Å². The molecular formula is C21H28O4. The molecule has 4 heteroatoms. The molecule has 0 saturated carbocycles. The molecule has 4 nitrogen and oxygen atoms in total. The molecule has 2 atom stereocenters. The Hall–Kier alpha value is -1.97. The quantitative estimate of drug-likeness (QED) is 0.746. The molecule has 0 radical (unpaired) electrons. The van der Waals surface area contributed by atoms with Crippen molar-refractivity contribution in [2.24, 2.45) is 5.92 Å². The SMILES string of the molecule is [2H]C([2H])([2H])CCCCc1cc(O)c2c(c1)OC(C([2H])([2H])[2H])(C([2H])([2H])[2H])C1CCC(C(=O)O)=CC21. The summed E-state index contributed by atoms with van der Waals surface area (Å²) >= 11 is 0. The molecule has 1 heterocycles. The standard InChI is InChI=1S/C21H28O4/c1-4-5-6-7-13-10-17(22)19-15-12-14(20(23)24)8-9-16(15)21(2,3)25-18(19)11-13/h10-12,15-16,22H,4-9H2,1-3H3,(H,23,24)/i1D3,2D3,3D3. The van der Waals surface area contributed by atoms with E-state index in [0.717, 1.165) is 0 Å². The normalized spacial score (nSPS) is 30.7. The van der Waals surface area contributed by atoms with Gasteiger partial charge in [-0.15, -0.1) is 0 Å². The predicted octanol–water partition coefficient (Wildman–Crippen LogP) is 4.80. The van der Waals surface area contributed by atoms with Crippen molar-refractivity contribution in [2.75, 3.05) is 0 Å². The predicted molar refractivity (Wildman–Crippen MR) is 97.2 cm³/mol. The number of benzene rings is 1. The number of hydrogen-bond acceptors (Lipinski definition) is 3. The van der Waals surface area contributed by atoms with Gasteiger partial charge in [-0.05, 0) is 57.1 Å². The van der Waals surface area contributed by atoms with Gasteiger partial charge in [-0.25, -0.2) is 4.79 Å². The van der Waals surface area contributed by atoms with Crippen LogP contribution in [0.25, 0.3) is 0 Å². The molecule has 2 N–H and O–H groups in total. The van der Waals surface area contributed by atoms with E-state index in [2.05, 4.69) is 0 Å². The number of phenolic OH excluding ortho intramolecular Hbond substituents is 1. The van der Waals surface area contributed by atoms with Crippen LogP contribution in [-0.2, 0) is 11.2 Å². The second-order valence-electron chi connectivity index (χ2n) is 6.74. The van der Waals surface area contributed by atoms with Crippen LogP contribution in [0.15, 0.2) is 23.8 Å². The van der Waals surface area contributed by atoms with E-state index in [1.165, 1.54) is 18.2 Å². The number of ether oxygens (including phenoxy) is 1. The number of aromatic hydroxyl groups is 1. The van der Waals surface area contributed by atoms with Gasteiger partial charge in [-0.2, -0.15) is 0 Å². The molecule has 2 aliphatic rings. The fourth-order valence-corrected chi connectivity index (χ4v) is 3.76. The van der Waals surface area contributed by atoms with Gasteiger partial charge >= 0.3 is 5.97 Å². The van der Waals surface area contributed by atoms with Gasteiger partial charge < -0.3 is 14.9 Å². The van der Waals surface area contributed by atoms with E-state index >= 15 is 0 Å². The molecule has 0 saturated heterocycles. The number of hydrogen-bond donors (Lipinski definition) is 2. The van der Waals surface area contributed by atoms with Crippen molar-refractivity contribution in [1.82, 2.24) is 0 Å². The van der Waals surface area contributed by atoms with E-state index in [9.17, 15) is 15.0 Å². The topological polar surface area (TPSA) is 66.8 Å². The molecule has 1 aliphatic heterocycles. The van der Waals surface area contributed by atoms with Gasteiger partial charge in [0.15, 0.2) is 0 Å². The van der Waals surface area contributed by atoms with Gasteiger partial charge in [0.05, 0.1) is 0 Å². The maximum absolute atomic E-state index is 11.6. The third-order valence-corrected chi connectivity index (χ3v) is 5.01. The Morgan fingerprint density at radius 1 is 1.40 bits per heavy atom. The van der Waals surface area contributed by atoms with Crippen molar-refractivity contribution < 1.29 is 32.1 Å². The van der Waals surface area contributed by atoms with E-state index in [4.69, 9.17) is 17.1 Å². The summed E-state index contributed by atoms with van der Waals surface area (Å²) in [7, 11) is 0. The summed E-state index contributed by atoms with van der Waals surface area (Å²) in [6, 6.07) is 2.92. The molecule has 136 valence electrons. The van der Waals surface area contributed by atoms with Crippen molar-refractivity contribution >= 4 is 5.97 Å². The van der Waals surface area contributed by atoms with Crippen LogP contribution in [0.5, 0.6) is 11.5 Å². The molecule has 25 heavy (non-hydrogen) atoms. The zero-order valence-electron chi connectivity index (χ0n) is 22.8. The lowest BCUT2D eigenvalue weighted by Crippen LogP contribution is -2.45. The van der Waals surface area contributed by atoms with Crippen LogP contribution in [0.4, 0.5) is 0 Å². The molecule has 0 aromatic heterocycles. The minimum absolute atomic E-state index is 0.0206. The number of unbranched alkanes of at least 4 members (excludes halogenated alkanes) is 1. The highest BCUT2D eigenvalue weighted by Gasteiger charge is 2.46. The zero-order valence-corrected chi connectivity index (χ0v) is 13.8. The number of aliphatic carboxylic acids is 1. The highest BCUT2D eigenvalue weighted by Crippen LogP contribution is 2.53. The van der Waals surface area contributed by atoms with Gasteiger partial charge in [-0.1, -0.05) is 25.8 Å². The number of aryl methyl sites for hydroxylation is 1. The monoisotopic (exact) mass is 353 g/mol. The van der Waals surface area contributed by atoms with Crippen LogP contribution in [0, 0.1) is 5.92 Å². The Bertz CT molecular complexity index is 962. The highest BCUT2D eigenvalue weighted by atomic mass is 16.5. The Balaban J connectivity index is 2.10. The van der Waals surface area contributed by atoms with Crippen LogP contribution in [0.3, 0.4) is 0 Å². The van der Waals surface area contributed by atoms with Gasteiger partial charge in [0, 0.05) is 35.3 Å². The van der Waals surface area contributed by atoms with Crippen LogP contribution in [-0.4, -0.2) is 21.8 Å². The molecule has 1 aliphatic carbocycles. The van der Waals surface area contributed by atoms with E-state index in [1.807, 2.05) is 0 Å². The first-order chi connectivity index (χ1) is 15.5. The fourth-order valence-electron chi connectivity index (χ4n) is 3.76. The summed E-state index contributed by atoms with van der Waals surface area (Å²) in [5.74, 6) is -3.63. The summed E-state index contributed by atoms with van der Waals surface area (Å²) in [6.07, 6.45) is 2.53. The molecular weight excluding hydrogens is 316 g/mol. The lowest BCUT2D eigenvalue weighted by molar-refractivity contribution is -0.133. The number of carboxylic acids is 1. The summed E-state index contributed by atoms with van der Waals surface area (Å²) in [6.45, 7) is -8.19. The average Bonchev–Trinajstić information content (AvgIpc) is 2.67. The van der Waals surface area contributed by atoms with Crippen molar-refractivity contribution in [3.8, 4) is 11.5 Å². The first-order valence-electron chi connectivity index (χ1n) is 13.0. The summed E-state index contributed by atoms with van der Waals surface area (Å²) in [5.41, 5.74) is -1.88. The number of carbonyl (C=O) groups is 1. The third kappa shape index (κ3) is 3.39. The molecule has 2 unspecified atom stereocenters. The second kappa shape index (κ2) is 6.74. The first kappa shape index (κ1) is 9.65. The first-order valence-corrected chi connectivity index (χ1v) is 8.47. The highest BCUT2D eigenvalue weighted by molar-refractivity contribution is 5.87. The van der Waals surface area contributed by atoms with Gasteiger partial charge in [0.1, 0.15) is 17.1 Å². The Kier molecular flexibility index (Phi) is 2.60. The Labute approximate surface area is 162 Å². The van der Waals surface area contributed by atoms with Gasteiger partial charge in [0.25, 0.3) is 0 Å². The minimum atomic E-state index is -3.07. The smallest absolute Gasteiger partial charge is 0.331 e. The maximum Gasteiger partial charge on any atom is 0.331 e. The van der Waals surface area contributed by atoms with Crippen LogP contribution >= 0.6 is 0 Å². The minimum Gasteiger partial charge on any atom is -0.507 e. The number of fused-ring (bicyclic) bond motifs is 3. The Morgan fingerprint density at radius 3 is 2.96 bits per heavy atom.